The van der Waals surface area contributed by atoms with Crippen LogP contribution in [0, 0.1) is 28.9 Å². The lowest BCUT2D eigenvalue weighted by Gasteiger charge is -2.51. The molecule has 0 aromatic heterocycles. The molecule has 0 N–H and O–H groups in total. The zero-order valence-corrected chi connectivity index (χ0v) is 25.0. The fourth-order valence-corrected chi connectivity index (χ4v) is 7.77. The minimum absolute atomic E-state index is 0.0343. The molecule has 3 heterocycles. The van der Waals surface area contributed by atoms with Crippen molar-refractivity contribution in [1.82, 2.24) is 14.7 Å². The third kappa shape index (κ3) is 5.62. The molecule has 2 amide bonds. The maximum Gasteiger partial charge on any atom is 0.410 e. The van der Waals surface area contributed by atoms with Gasteiger partial charge < -0.3 is 9.64 Å². The van der Waals surface area contributed by atoms with Gasteiger partial charge in [0, 0.05) is 50.2 Å². The minimum Gasteiger partial charge on any atom is -0.447 e. The van der Waals surface area contributed by atoms with Crippen LogP contribution in [0.1, 0.15) is 91.0 Å². The van der Waals surface area contributed by atoms with Crippen molar-refractivity contribution in [2.75, 3.05) is 39.3 Å². The van der Waals surface area contributed by atoms with Gasteiger partial charge in [0.25, 0.3) is 0 Å². The van der Waals surface area contributed by atoms with Gasteiger partial charge in [0.15, 0.2) is 0 Å². The molecule has 2 atom stereocenters. The van der Waals surface area contributed by atoms with E-state index in [4.69, 9.17) is 4.74 Å². The predicted molar refractivity (Wildman–Crippen MR) is 151 cm³/mol. The Morgan fingerprint density at radius 1 is 1.05 bits per heavy atom. The van der Waals surface area contributed by atoms with Gasteiger partial charge in [0.2, 0.25) is 5.91 Å². The Bertz CT molecular complexity index is 1100. The first-order chi connectivity index (χ1) is 18.8. The van der Waals surface area contributed by atoms with Crippen LogP contribution in [0.5, 0.6) is 0 Å². The SMILES string of the molecule is CC(C)(C)N1CC(C(=O)N2CCC(CN3C(=O)OCC3(C)C)(C3CCCCC3)CC2)C(c2ccc(F)cc2F)C1. The number of likely N-dealkylation sites (tertiary alicyclic amines) is 2. The van der Waals surface area contributed by atoms with E-state index in [0.717, 1.165) is 18.9 Å². The summed E-state index contributed by atoms with van der Waals surface area (Å²) < 4.78 is 34.2. The van der Waals surface area contributed by atoms with Crippen molar-refractivity contribution in [1.29, 1.82) is 0 Å². The fraction of sp³-hybridized carbons (Fsp3) is 0.750. The van der Waals surface area contributed by atoms with Gasteiger partial charge >= 0.3 is 6.09 Å². The lowest BCUT2D eigenvalue weighted by molar-refractivity contribution is -0.139. The molecule has 3 saturated heterocycles. The second-order valence-electron chi connectivity index (χ2n) is 14.4. The van der Waals surface area contributed by atoms with Crippen LogP contribution in [-0.2, 0) is 9.53 Å². The second-order valence-corrected chi connectivity index (χ2v) is 14.4. The van der Waals surface area contributed by atoms with E-state index >= 15 is 0 Å². The summed E-state index contributed by atoms with van der Waals surface area (Å²) >= 11 is 0. The minimum atomic E-state index is -0.602. The van der Waals surface area contributed by atoms with Crippen LogP contribution in [0.15, 0.2) is 18.2 Å². The molecule has 3 aliphatic heterocycles. The first-order valence-corrected chi connectivity index (χ1v) is 15.2. The molecular formula is C32H47F2N3O3. The third-order valence-corrected chi connectivity index (χ3v) is 10.5. The van der Waals surface area contributed by atoms with Crippen LogP contribution in [0.25, 0.3) is 0 Å². The summed E-state index contributed by atoms with van der Waals surface area (Å²) in [7, 11) is 0. The van der Waals surface area contributed by atoms with Crippen molar-refractivity contribution in [3.05, 3.63) is 35.4 Å². The van der Waals surface area contributed by atoms with Gasteiger partial charge in [0.1, 0.15) is 18.2 Å². The van der Waals surface area contributed by atoms with Crippen molar-refractivity contribution in [2.24, 2.45) is 17.3 Å². The number of hydrogen-bond donors (Lipinski definition) is 0. The molecule has 4 aliphatic rings. The van der Waals surface area contributed by atoms with Crippen molar-refractivity contribution in [3.8, 4) is 0 Å². The van der Waals surface area contributed by atoms with E-state index in [2.05, 4.69) is 39.5 Å². The Balaban J connectivity index is 1.36. The smallest absolute Gasteiger partial charge is 0.410 e. The maximum atomic E-state index is 15.0. The number of ether oxygens (including phenoxy) is 1. The van der Waals surface area contributed by atoms with Crippen LogP contribution >= 0.6 is 0 Å². The Labute approximate surface area is 238 Å². The standard InChI is InChI=1S/C32H47F2N3O3/c1-30(2,3)36-18-25(24-12-11-23(33)17-27(24)34)26(19-36)28(38)35-15-13-32(14-16-35,22-9-7-6-8-10-22)20-37-29(39)40-21-31(37,4)5/h11-12,17,22,25-26H,6-10,13-16,18-21H2,1-5H3. The Morgan fingerprint density at radius 3 is 2.30 bits per heavy atom. The summed E-state index contributed by atoms with van der Waals surface area (Å²) in [5, 5.41) is 0. The summed E-state index contributed by atoms with van der Waals surface area (Å²) in [5.74, 6) is -1.28. The van der Waals surface area contributed by atoms with Gasteiger partial charge in [-0.3, -0.25) is 14.6 Å². The molecule has 1 saturated carbocycles. The number of halogens is 2. The molecule has 0 bridgehead atoms. The summed E-state index contributed by atoms with van der Waals surface area (Å²) in [6, 6.07) is 3.74. The summed E-state index contributed by atoms with van der Waals surface area (Å²) in [6.45, 7) is 14.0. The van der Waals surface area contributed by atoms with Crippen molar-refractivity contribution >= 4 is 12.0 Å². The molecule has 2 unspecified atom stereocenters. The molecule has 222 valence electrons. The predicted octanol–water partition coefficient (Wildman–Crippen LogP) is 6.20. The van der Waals surface area contributed by atoms with Crippen LogP contribution in [0.4, 0.5) is 13.6 Å². The monoisotopic (exact) mass is 559 g/mol. The number of benzene rings is 1. The summed E-state index contributed by atoms with van der Waals surface area (Å²) in [6.07, 6.45) is 7.54. The maximum absolute atomic E-state index is 15.0. The first kappa shape index (κ1) is 29.3. The average Bonchev–Trinajstić information content (AvgIpc) is 3.46. The number of rotatable bonds is 5. The van der Waals surface area contributed by atoms with E-state index < -0.39 is 11.6 Å². The number of piperidine rings is 1. The molecule has 0 radical (unpaired) electrons. The van der Waals surface area contributed by atoms with E-state index in [9.17, 15) is 18.4 Å². The Hall–Kier alpha value is -2.22. The number of amides is 2. The number of nitrogens with zero attached hydrogens (tertiary/aromatic N) is 3. The molecular weight excluding hydrogens is 512 g/mol. The van der Waals surface area contributed by atoms with Gasteiger partial charge in [0.05, 0.1) is 11.5 Å². The van der Waals surface area contributed by atoms with E-state index in [1.807, 2.05) is 9.80 Å². The molecule has 6 nitrogen and oxygen atoms in total. The zero-order valence-electron chi connectivity index (χ0n) is 25.0. The van der Waals surface area contributed by atoms with Crippen molar-refractivity contribution < 1.29 is 23.1 Å². The zero-order chi connectivity index (χ0) is 28.9. The Kier molecular flexibility index (Phi) is 7.97. The quantitative estimate of drug-likeness (QED) is 0.431. The number of cyclic esters (lactones) is 1. The molecule has 4 fully saturated rings. The van der Waals surface area contributed by atoms with Gasteiger partial charge in [-0.2, -0.15) is 0 Å². The number of carbonyl (C=O) groups excluding carboxylic acids is 2. The fourth-order valence-electron chi connectivity index (χ4n) is 7.77. The van der Waals surface area contributed by atoms with Gasteiger partial charge in [-0.05, 0) is 83.3 Å². The lowest BCUT2D eigenvalue weighted by Crippen LogP contribution is -2.55. The summed E-state index contributed by atoms with van der Waals surface area (Å²) in [4.78, 5) is 33.1. The van der Waals surface area contributed by atoms with E-state index in [1.54, 1.807) is 0 Å². The molecule has 1 aromatic carbocycles. The highest BCUT2D eigenvalue weighted by Gasteiger charge is 2.51. The van der Waals surface area contributed by atoms with Gasteiger partial charge in [-0.25, -0.2) is 13.6 Å². The van der Waals surface area contributed by atoms with Crippen molar-refractivity contribution in [2.45, 2.75) is 96.6 Å². The lowest BCUT2D eigenvalue weighted by atomic mass is 9.63. The highest BCUT2D eigenvalue weighted by Crippen LogP contribution is 2.48. The van der Waals surface area contributed by atoms with Gasteiger partial charge in [-0.1, -0.05) is 25.3 Å². The van der Waals surface area contributed by atoms with E-state index in [1.165, 1.54) is 44.2 Å². The number of hydrogen-bond acceptors (Lipinski definition) is 4. The van der Waals surface area contributed by atoms with Crippen molar-refractivity contribution in [3.63, 3.8) is 0 Å². The topological polar surface area (TPSA) is 53.1 Å². The molecule has 5 rings (SSSR count). The molecule has 8 heteroatoms. The summed E-state index contributed by atoms with van der Waals surface area (Å²) in [5.41, 5.74) is -0.111. The van der Waals surface area contributed by atoms with Crippen LogP contribution in [-0.4, -0.2) is 77.1 Å². The molecule has 0 spiro atoms. The third-order valence-electron chi connectivity index (χ3n) is 10.5. The van der Waals surface area contributed by atoms with Gasteiger partial charge in [-0.15, -0.1) is 0 Å². The normalized spacial score (nSPS) is 27.7. The van der Waals surface area contributed by atoms with Crippen LogP contribution in [0.2, 0.25) is 0 Å². The van der Waals surface area contributed by atoms with Crippen LogP contribution < -0.4 is 0 Å². The van der Waals surface area contributed by atoms with E-state index in [-0.39, 0.29) is 40.3 Å². The van der Waals surface area contributed by atoms with E-state index in [0.29, 0.717) is 50.8 Å². The second kappa shape index (κ2) is 10.9. The average molecular weight is 560 g/mol. The Morgan fingerprint density at radius 2 is 1.73 bits per heavy atom. The molecule has 1 aliphatic carbocycles. The highest BCUT2D eigenvalue weighted by molar-refractivity contribution is 5.81. The molecule has 40 heavy (non-hydrogen) atoms. The highest BCUT2D eigenvalue weighted by atomic mass is 19.1. The molecule has 1 aromatic rings. The largest absolute Gasteiger partial charge is 0.447 e. The van der Waals surface area contributed by atoms with Crippen LogP contribution in [0.3, 0.4) is 0 Å². The first-order valence-electron chi connectivity index (χ1n) is 15.2. The number of carbonyl (C=O) groups is 2.